The number of esters is 2. The molecule has 0 aliphatic carbocycles. The lowest BCUT2D eigenvalue weighted by Crippen LogP contribution is -2.07. The predicted octanol–water partition coefficient (Wildman–Crippen LogP) is 4.32. The third-order valence-corrected chi connectivity index (χ3v) is 3.79. The van der Waals surface area contributed by atoms with Crippen LogP contribution in [-0.4, -0.2) is 32.3 Å². The summed E-state index contributed by atoms with van der Waals surface area (Å²) in [6.07, 6.45) is 8.67. The fraction of sp³-hybridized carbons (Fsp3) is 0.429. The molecule has 26 heavy (non-hydrogen) atoms. The Bertz CT molecular complexity index is 614. The molecule has 0 spiro atoms. The lowest BCUT2D eigenvalue weighted by Gasteiger charge is -2.07. The first-order valence-electron chi connectivity index (χ1n) is 8.85. The average molecular weight is 360 g/mol. The monoisotopic (exact) mass is 360 g/mol. The van der Waals surface area contributed by atoms with Gasteiger partial charge in [-0.15, -0.1) is 0 Å². The van der Waals surface area contributed by atoms with Crippen molar-refractivity contribution in [2.45, 2.75) is 39.5 Å². The number of hydrogen-bond donors (Lipinski definition) is 0. The van der Waals surface area contributed by atoms with Gasteiger partial charge in [0.1, 0.15) is 5.75 Å². The Kier molecular flexibility index (Phi) is 10.5. The van der Waals surface area contributed by atoms with Crippen molar-refractivity contribution in [3.8, 4) is 5.75 Å². The molecule has 1 rings (SSSR count). The van der Waals surface area contributed by atoms with Crippen LogP contribution >= 0.6 is 0 Å². The highest BCUT2D eigenvalue weighted by atomic mass is 16.5. The molecule has 0 amide bonds. The van der Waals surface area contributed by atoms with Gasteiger partial charge in [0.2, 0.25) is 0 Å². The van der Waals surface area contributed by atoms with Crippen LogP contribution in [0.3, 0.4) is 0 Å². The van der Waals surface area contributed by atoms with Crippen molar-refractivity contribution >= 4 is 18.0 Å². The zero-order chi connectivity index (χ0) is 19.2. The van der Waals surface area contributed by atoms with E-state index in [1.165, 1.54) is 13.2 Å². The van der Waals surface area contributed by atoms with Crippen LogP contribution in [-0.2, 0) is 19.1 Å². The molecule has 0 fully saturated rings. The number of benzene rings is 1. The Balaban J connectivity index is 2.12. The molecule has 5 heteroatoms. The molecule has 0 aliphatic rings. The molecule has 142 valence electrons. The molecule has 0 atom stereocenters. The average Bonchev–Trinajstić information content (AvgIpc) is 2.68. The minimum atomic E-state index is -0.378. The lowest BCUT2D eigenvalue weighted by molar-refractivity contribution is -0.139. The first kappa shape index (κ1) is 21.5. The Morgan fingerprint density at radius 1 is 1.00 bits per heavy atom. The second-order valence-electron chi connectivity index (χ2n) is 5.80. The van der Waals surface area contributed by atoms with E-state index in [1.54, 1.807) is 19.1 Å². The van der Waals surface area contributed by atoms with Gasteiger partial charge in [-0.2, -0.15) is 0 Å². The van der Waals surface area contributed by atoms with Crippen molar-refractivity contribution in [1.29, 1.82) is 0 Å². The molecule has 0 N–H and O–H groups in total. The highest BCUT2D eigenvalue weighted by Crippen LogP contribution is 2.14. The van der Waals surface area contributed by atoms with E-state index in [-0.39, 0.29) is 11.9 Å². The molecule has 0 aromatic heterocycles. The Labute approximate surface area is 155 Å². The summed E-state index contributed by atoms with van der Waals surface area (Å²) in [6, 6.07) is 7.52. The molecule has 0 saturated heterocycles. The number of carbonyl (C=O) groups excluding carboxylic acids is 2. The first-order chi connectivity index (χ1) is 12.6. The quantitative estimate of drug-likeness (QED) is 0.334. The zero-order valence-corrected chi connectivity index (χ0v) is 15.8. The van der Waals surface area contributed by atoms with Gasteiger partial charge in [0.15, 0.2) is 0 Å². The maximum atomic E-state index is 11.4. The molecular formula is C21H28O5. The van der Waals surface area contributed by atoms with Crippen LogP contribution in [0.5, 0.6) is 5.75 Å². The summed E-state index contributed by atoms with van der Waals surface area (Å²) < 4.78 is 15.4. The van der Waals surface area contributed by atoms with Crippen LogP contribution in [0, 0.1) is 0 Å². The second kappa shape index (κ2) is 12.8. The van der Waals surface area contributed by atoms with Gasteiger partial charge in [0.25, 0.3) is 0 Å². The predicted molar refractivity (Wildman–Crippen MR) is 102 cm³/mol. The number of unbranched alkanes of at least 4 members (excludes halogenated alkanes) is 3. The summed E-state index contributed by atoms with van der Waals surface area (Å²) in [5.41, 5.74) is 1.55. The summed E-state index contributed by atoms with van der Waals surface area (Å²) in [5, 5.41) is 0. The fourth-order valence-electron chi connectivity index (χ4n) is 2.05. The van der Waals surface area contributed by atoms with E-state index in [1.807, 2.05) is 31.2 Å². The smallest absolute Gasteiger partial charge is 0.333 e. The van der Waals surface area contributed by atoms with Crippen molar-refractivity contribution < 1.29 is 23.8 Å². The molecule has 0 radical (unpaired) electrons. The van der Waals surface area contributed by atoms with E-state index in [9.17, 15) is 9.59 Å². The zero-order valence-electron chi connectivity index (χ0n) is 15.8. The Morgan fingerprint density at radius 3 is 2.27 bits per heavy atom. The van der Waals surface area contributed by atoms with E-state index in [2.05, 4.69) is 4.74 Å². The number of carbonyl (C=O) groups is 2. The van der Waals surface area contributed by atoms with Crippen LogP contribution in [0.15, 0.2) is 42.0 Å². The van der Waals surface area contributed by atoms with Crippen LogP contribution in [0.4, 0.5) is 0 Å². The number of hydrogen-bond acceptors (Lipinski definition) is 5. The number of allylic oxidation sites excluding steroid dienone is 1. The molecule has 5 nitrogen and oxygen atoms in total. The normalized spacial score (nSPS) is 11.4. The summed E-state index contributed by atoms with van der Waals surface area (Å²) >= 11 is 0. The van der Waals surface area contributed by atoms with Crippen molar-refractivity contribution in [3.63, 3.8) is 0 Å². The van der Waals surface area contributed by atoms with Crippen molar-refractivity contribution in [3.05, 3.63) is 47.6 Å². The van der Waals surface area contributed by atoms with Gasteiger partial charge in [0.05, 0.1) is 20.3 Å². The third kappa shape index (κ3) is 9.06. The van der Waals surface area contributed by atoms with Crippen LogP contribution < -0.4 is 4.74 Å². The highest BCUT2D eigenvalue weighted by Gasteiger charge is 2.03. The Hall–Kier alpha value is -2.56. The topological polar surface area (TPSA) is 61.8 Å². The third-order valence-electron chi connectivity index (χ3n) is 3.79. The summed E-state index contributed by atoms with van der Waals surface area (Å²) in [6.45, 7) is 4.69. The van der Waals surface area contributed by atoms with E-state index < -0.39 is 0 Å². The van der Waals surface area contributed by atoms with Gasteiger partial charge in [-0.25, -0.2) is 9.59 Å². The van der Waals surface area contributed by atoms with E-state index in [0.717, 1.165) is 37.0 Å². The number of ether oxygens (including phenoxy) is 3. The van der Waals surface area contributed by atoms with Gasteiger partial charge in [0, 0.05) is 11.6 Å². The van der Waals surface area contributed by atoms with Crippen LogP contribution in [0.1, 0.15) is 45.1 Å². The minimum Gasteiger partial charge on any atom is -0.494 e. The standard InChI is InChI=1S/C21H28O5/c1-4-17(2)21(23)26-16-8-6-5-7-15-25-19-12-9-18(10-13-19)11-14-20(22)24-3/h4,9-14H,5-8,15-16H2,1-3H3/b14-11+,17-4-. The molecular weight excluding hydrogens is 332 g/mol. The van der Waals surface area contributed by atoms with E-state index in [4.69, 9.17) is 9.47 Å². The second-order valence-corrected chi connectivity index (χ2v) is 5.80. The van der Waals surface area contributed by atoms with Crippen LogP contribution in [0.25, 0.3) is 6.08 Å². The van der Waals surface area contributed by atoms with Crippen LogP contribution in [0.2, 0.25) is 0 Å². The summed E-state index contributed by atoms with van der Waals surface area (Å²) in [7, 11) is 1.35. The van der Waals surface area contributed by atoms with Crippen molar-refractivity contribution in [2.75, 3.05) is 20.3 Å². The van der Waals surface area contributed by atoms with Crippen molar-refractivity contribution in [1.82, 2.24) is 0 Å². The molecule has 0 bridgehead atoms. The first-order valence-corrected chi connectivity index (χ1v) is 8.85. The summed E-state index contributed by atoms with van der Waals surface area (Å²) in [5.74, 6) is 0.189. The van der Waals surface area contributed by atoms with Crippen molar-refractivity contribution in [2.24, 2.45) is 0 Å². The van der Waals surface area contributed by atoms with Gasteiger partial charge < -0.3 is 14.2 Å². The van der Waals surface area contributed by atoms with E-state index in [0.29, 0.717) is 18.8 Å². The fourth-order valence-corrected chi connectivity index (χ4v) is 2.05. The molecule has 0 heterocycles. The van der Waals surface area contributed by atoms with Gasteiger partial charge in [-0.3, -0.25) is 0 Å². The highest BCUT2D eigenvalue weighted by molar-refractivity contribution is 5.87. The maximum absolute atomic E-state index is 11.4. The minimum absolute atomic E-state index is 0.235. The lowest BCUT2D eigenvalue weighted by atomic mass is 10.2. The summed E-state index contributed by atoms with van der Waals surface area (Å²) in [4.78, 5) is 22.5. The van der Waals surface area contributed by atoms with E-state index >= 15 is 0 Å². The maximum Gasteiger partial charge on any atom is 0.333 e. The molecule has 1 aromatic rings. The molecule has 0 saturated carbocycles. The largest absolute Gasteiger partial charge is 0.494 e. The van der Waals surface area contributed by atoms with Gasteiger partial charge >= 0.3 is 11.9 Å². The molecule has 1 aromatic carbocycles. The number of methoxy groups -OCH3 is 1. The molecule has 0 aliphatic heterocycles. The molecule has 0 unspecified atom stereocenters. The van der Waals surface area contributed by atoms with Gasteiger partial charge in [-0.05, 0) is 63.3 Å². The SMILES string of the molecule is C/C=C(/C)C(=O)OCCCCCCOc1ccc(/C=C/C(=O)OC)cc1. The number of rotatable bonds is 11. The Morgan fingerprint density at radius 2 is 1.65 bits per heavy atom. The van der Waals surface area contributed by atoms with Gasteiger partial charge in [-0.1, -0.05) is 18.2 Å².